The Balaban J connectivity index is 1.68. The van der Waals surface area contributed by atoms with Crippen molar-refractivity contribution in [2.24, 2.45) is 0 Å². The highest BCUT2D eigenvalue weighted by Gasteiger charge is 2.51. The summed E-state index contributed by atoms with van der Waals surface area (Å²) in [6.45, 7) is 0. The van der Waals surface area contributed by atoms with E-state index >= 15 is 0 Å². The molecule has 0 amide bonds. The van der Waals surface area contributed by atoms with E-state index in [0.29, 0.717) is 48.3 Å². The van der Waals surface area contributed by atoms with E-state index in [9.17, 15) is 46.3 Å². The number of alkyl halides is 4. The molecule has 0 heterocycles. The quantitative estimate of drug-likeness (QED) is 0.0516. The van der Waals surface area contributed by atoms with Gasteiger partial charge in [-0.2, -0.15) is 17.6 Å². The van der Waals surface area contributed by atoms with Crippen LogP contribution < -0.4 is 0 Å². The van der Waals surface area contributed by atoms with Crippen LogP contribution in [-0.2, 0) is 46.1 Å². The number of hydrogen-bond acceptors (Lipinski definition) is 4. The standard InChI is InChI=1S/C33H34F4O6P2S2/c34-32(35,44(38,39)40)29-15-11-27(12-16-29)23-31(46-21-19-25-7-3-1-4-8-25,47-22-20-26-9-5-2-6-10-26)24-28-13-17-30(18-14-28)33(36,37)45(41,42)43/h1-18H,19-24H2,(H2,38,39,40)(H2,41,42,43). The molecule has 0 spiro atoms. The second kappa shape index (κ2) is 15.4. The highest BCUT2D eigenvalue weighted by Crippen LogP contribution is 2.60. The highest BCUT2D eigenvalue weighted by molar-refractivity contribution is 8.18. The summed E-state index contributed by atoms with van der Waals surface area (Å²) in [7, 11) is -11.5. The molecule has 4 rings (SSSR count). The van der Waals surface area contributed by atoms with Crippen molar-refractivity contribution in [3.63, 3.8) is 0 Å². The first-order valence-electron chi connectivity index (χ1n) is 14.4. The summed E-state index contributed by atoms with van der Waals surface area (Å²) in [5, 5.41) is 0. The molecule has 6 nitrogen and oxygen atoms in total. The minimum absolute atomic E-state index is 0.327. The van der Waals surface area contributed by atoms with Crippen molar-refractivity contribution >= 4 is 38.7 Å². The Morgan fingerprint density at radius 2 is 0.809 bits per heavy atom. The number of halogens is 4. The van der Waals surface area contributed by atoms with E-state index in [1.165, 1.54) is 24.3 Å². The van der Waals surface area contributed by atoms with Crippen LogP contribution in [0.25, 0.3) is 0 Å². The van der Waals surface area contributed by atoms with Gasteiger partial charge in [-0.05, 0) is 59.4 Å². The van der Waals surface area contributed by atoms with Gasteiger partial charge >= 0.3 is 26.5 Å². The van der Waals surface area contributed by atoms with Crippen molar-refractivity contribution in [1.82, 2.24) is 0 Å². The van der Waals surface area contributed by atoms with E-state index in [4.69, 9.17) is 0 Å². The van der Waals surface area contributed by atoms with Gasteiger partial charge in [0.15, 0.2) is 0 Å². The minimum Gasteiger partial charge on any atom is -0.320 e. The SMILES string of the molecule is O=P(O)(O)C(F)(F)c1ccc(CC(Cc2ccc(C(F)(F)P(=O)(O)O)cc2)(SCCc2ccccc2)SCCc2ccccc2)cc1. The molecule has 4 aromatic carbocycles. The van der Waals surface area contributed by atoms with Crippen molar-refractivity contribution in [3.8, 4) is 0 Å². The molecule has 0 unspecified atom stereocenters. The van der Waals surface area contributed by atoms with Crippen LogP contribution in [0.1, 0.15) is 33.4 Å². The molecule has 0 aliphatic carbocycles. The molecule has 4 aromatic rings. The summed E-state index contributed by atoms with van der Waals surface area (Å²) in [6.07, 6.45) is 2.09. The van der Waals surface area contributed by atoms with E-state index in [1.54, 1.807) is 23.5 Å². The molecule has 0 aliphatic heterocycles. The van der Waals surface area contributed by atoms with Gasteiger partial charge < -0.3 is 19.6 Å². The average Bonchev–Trinajstić information content (AvgIpc) is 3.01. The summed E-state index contributed by atoms with van der Waals surface area (Å²) >= 11 is 3.27. The molecule has 4 N–H and O–H groups in total. The molecule has 252 valence electrons. The Morgan fingerprint density at radius 1 is 0.489 bits per heavy atom. The molecule has 0 fully saturated rings. The smallest absolute Gasteiger partial charge is 0.320 e. The second-order valence-corrected chi connectivity index (χ2v) is 17.5. The monoisotopic (exact) mass is 728 g/mol. The van der Waals surface area contributed by atoms with Gasteiger partial charge in [0.25, 0.3) is 0 Å². The van der Waals surface area contributed by atoms with Gasteiger partial charge in [-0.25, -0.2) is 0 Å². The summed E-state index contributed by atoms with van der Waals surface area (Å²) in [5.74, 6) is 1.32. The first kappa shape index (κ1) is 37.4. The third kappa shape index (κ3) is 9.83. The summed E-state index contributed by atoms with van der Waals surface area (Å²) in [6, 6.07) is 29.2. The molecular weight excluding hydrogens is 694 g/mol. The maximum atomic E-state index is 14.4. The minimum atomic E-state index is -5.75. The van der Waals surface area contributed by atoms with Gasteiger partial charge in [-0.3, -0.25) is 9.13 Å². The molecule has 0 saturated heterocycles. The molecule has 14 heteroatoms. The lowest BCUT2D eigenvalue weighted by Crippen LogP contribution is -2.29. The third-order valence-corrected chi connectivity index (χ3v) is 12.6. The fraction of sp³-hybridized carbons (Fsp3) is 0.273. The molecule has 0 aromatic heterocycles. The van der Waals surface area contributed by atoms with Crippen LogP contribution >= 0.6 is 38.7 Å². The van der Waals surface area contributed by atoms with Crippen LogP contribution in [0.4, 0.5) is 17.6 Å². The third-order valence-electron chi connectivity index (χ3n) is 7.48. The molecule has 0 bridgehead atoms. The lowest BCUT2D eigenvalue weighted by atomic mass is 10.0. The molecular formula is C33H34F4O6P2S2. The zero-order valence-electron chi connectivity index (χ0n) is 25.0. The lowest BCUT2D eigenvalue weighted by Gasteiger charge is -2.34. The normalized spacial score (nSPS) is 13.1. The zero-order chi connectivity index (χ0) is 34.3. The first-order valence-corrected chi connectivity index (χ1v) is 19.6. The number of benzene rings is 4. The van der Waals surface area contributed by atoms with Crippen LogP contribution in [-0.4, -0.2) is 35.2 Å². The van der Waals surface area contributed by atoms with Gasteiger partial charge in [-0.15, -0.1) is 23.5 Å². The fourth-order valence-electron chi connectivity index (χ4n) is 4.91. The molecule has 47 heavy (non-hydrogen) atoms. The van der Waals surface area contributed by atoms with Crippen molar-refractivity contribution < 1.29 is 46.3 Å². The Labute approximate surface area is 279 Å². The Kier molecular flexibility index (Phi) is 12.3. The van der Waals surface area contributed by atoms with Crippen LogP contribution in [0.2, 0.25) is 0 Å². The molecule has 0 saturated carbocycles. The highest BCUT2D eigenvalue weighted by atomic mass is 32.2. The Hall–Kier alpha value is -2.40. The maximum Gasteiger partial charge on any atom is 0.399 e. The van der Waals surface area contributed by atoms with Crippen molar-refractivity contribution in [2.45, 2.75) is 41.1 Å². The predicted molar refractivity (Wildman–Crippen MR) is 180 cm³/mol. The van der Waals surface area contributed by atoms with E-state index in [2.05, 4.69) is 0 Å². The van der Waals surface area contributed by atoms with Gasteiger partial charge in [0, 0.05) is 11.1 Å². The average molecular weight is 729 g/mol. The Morgan fingerprint density at radius 3 is 1.11 bits per heavy atom. The van der Waals surface area contributed by atoms with Crippen molar-refractivity contribution in [3.05, 3.63) is 143 Å². The van der Waals surface area contributed by atoms with Gasteiger partial charge in [-0.1, -0.05) is 109 Å². The molecule has 0 atom stereocenters. The number of thioether (sulfide) groups is 2. The fourth-order valence-corrected chi connectivity index (χ4v) is 9.21. The van der Waals surface area contributed by atoms with Gasteiger partial charge in [0.1, 0.15) is 0 Å². The van der Waals surface area contributed by atoms with Crippen LogP contribution in [0.5, 0.6) is 0 Å². The predicted octanol–water partition coefficient (Wildman–Crippen LogP) is 8.57. The largest absolute Gasteiger partial charge is 0.399 e. The van der Waals surface area contributed by atoms with Crippen molar-refractivity contribution in [2.75, 3.05) is 11.5 Å². The number of rotatable bonds is 16. The number of hydrogen-bond donors (Lipinski definition) is 4. The summed E-state index contributed by atoms with van der Waals surface area (Å²) < 4.78 is 79.8. The lowest BCUT2D eigenvalue weighted by molar-refractivity contribution is 0.0564. The van der Waals surface area contributed by atoms with Gasteiger partial charge in [0.05, 0.1) is 4.08 Å². The summed E-state index contributed by atoms with van der Waals surface area (Å²) in [4.78, 5) is 36.7. The molecule has 0 aliphatic rings. The van der Waals surface area contributed by atoms with E-state index in [1.807, 2.05) is 60.7 Å². The molecule has 0 radical (unpaired) electrons. The van der Waals surface area contributed by atoms with E-state index in [0.717, 1.165) is 35.4 Å². The second-order valence-electron chi connectivity index (χ2n) is 11.0. The van der Waals surface area contributed by atoms with Crippen LogP contribution in [0.15, 0.2) is 109 Å². The first-order chi connectivity index (χ1) is 22.0. The van der Waals surface area contributed by atoms with Crippen LogP contribution in [0.3, 0.4) is 0 Å². The Bertz CT molecular complexity index is 1560. The zero-order valence-corrected chi connectivity index (χ0v) is 28.4. The van der Waals surface area contributed by atoms with Gasteiger partial charge in [0.2, 0.25) is 0 Å². The maximum absolute atomic E-state index is 14.4. The topological polar surface area (TPSA) is 115 Å². The van der Waals surface area contributed by atoms with E-state index in [-0.39, 0.29) is 0 Å². The van der Waals surface area contributed by atoms with Crippen LogP contribution in [0, 0.1) is 0 Å². The number of aryl methyl sites for hydroxylation is 2. The summed E-state index contributed by atoms with van der Waals surface area (Å²) in [5.41, 5.74) is -6.86. The van der Waals surface area contributed by atoms with Crippen molar-refractivity contribution in [1.29, 1.82) is 0 Å². The van der Waals surface area contributed by atoms with E-state index < -0.39 is 41.7 Å².